The van der Waals surface area contributed by atoms with Crippen LogP contribution in [-0.2, 0) is 66.6 Å². The van der Waals surface area contributed by atoms with Gasteiger partial charge in [0.1, 0.15) is 36.8 Å². The van der Waals surface area contributed by atoms with E-state index in [4.69, 9.17) is 42.6 Å². The molecule has 0 radical (unpaired) electrons. The number of cyclic esters (lactones) is 1. The van der Waals surface area contributed by atoms with Gasteiger partial charge in [0.25, 0.3) is 0 Å². The highest BCUT2D eigenvalue weighted by Gasteiger charge is 2.54. The third-order valence-corrected chi connectivity index (χ3v) is 14.4. The first kappa shape index (κ1) is 61.2. The fraction of sp³-hybridized carbons (Fsp3) is 0.679. The Kier molecular flexibility index (Phi) is 23.8. The van der Waals surface area contributed by atoms with E-state index in [-0.39, 0.29) is 32.1 Å². The number of ether oxygens (including phenoxy) is 9. The number of methoxy groups -OCH3 is 1. The largest absolute Gasteiger partial charge is 0.462 e. The summed E-state index contributed by atoms with van der Waals surface area (Å²) in [6.45, 7) is 12.4. The van der Waals surface area contributed by atoms with Gasteiger partial charge in [-0.05, 0) is 114 Å². The number of rotatable bonds is 17. The molecule has 418 valence electrons. The molecule has 19 nitrogen and oxygen atoms in total. The van der Waals surface area contributed by atoms with Crippen molar-refractivity contribution in [2.75, 3.05) is 41.3 Å². The standard InChI is InChI=1S/C56H83N3O16/c1-12-45(63)71-44-31-47(65)70-42(20-15-18-38-17-14-19-40(30-38)39-22-25-57-26-23-39)21-16-27-59(10)33-43(62)34(3)29-41(24-28-60)52(53(44)67-11)74-55-50(66)49(58(8)9)51(35(4)69-55)73-48-32-56(7,75-37(6)61)54(36(5)68-48)72-46(64)13-2/h14-15,17-19,22-23,25-26,28,30,34-36,41-44,48-55,62,66H,12-13,16,20-21,24,27,29,31-33H2,1-11H3/b18-15+/t34-,35?,36?,41+,42+,43+,44-,48+,49?,50?,51-,52+,53+,54+,55+,56?/m1/s1. The molecule has 5 rings (SSSR count). The van der Waals surface area contributed by atoms with E-state index < -0.39 is 127 Å². The van der Waals surface area contributed by atoms with E-state index in [2.05, 4.69) is 11.1 Å². The first-order valence-electron chi connectivity index (χ1n) is 26.4. The smallest absolute Gasteiger partial charge is 0.309 e. The quantitative estimate of drug-likeness (QED) is 0.110. The fourth-order valence-electron chi connectivity index (χ4n) is 10.6. The molecular formula is C56H83N3O16. The highest BCUT2D eigenvalue weighted by molar-refractivity contribution is 5.73. The first-order chi connectivity index (χ1) is 35.7. The molecule has 0 spiro atoms. The van der Waals surface area contributed by atoms with Crippen LogP contribution in [0.2, 0.25) is 0 Å². The second-order valence-electron chi connectivity index (χ2n) is 20.7. The van der Waals surface area contributed by atoms with E-state index in [0.29, 0.717) is 32.4 Å². The molecule has 3 aliphatic rings. The molecular weight excluding hydrogens is 971 g/mol. The van der Waals surface area contributed by atoms with E-state index >= 15 is 0 Å². The second kappa shape index (κ2) is 29.2. The fourth-order valence-corrected chi connectivity index (χ4v) is 10.6. The number of aldehydes is 1. The molecule has 0 aliphatic carbocycles. The Morgan fingerprint density at radius 1 is 0.933 bits per heavy atom. The van der Waals surface area contributed by atoms with Crippen LogP contribution in [0.5, 0.6) is 0 Å². The predicted molar refractivity (Wildman–Crippen MR) is 276 cm³/mol. The highest BCUT2D eigenvalue weighted by atomic mass is 16.7. The summed E-state index contributed by atoms with van der Waals surface area (Å²) in [4.78, 5) is 73.0. The summed E-state index contributed by atoms with van der Waals surface area (Å²) >= 11 is 0. The van der Waals surface area contributed by atoms with Crippen molar-refractivity contribution in [1.29, 1.82) is 0 Å². The number of carbonyl (C=O) groups excluding carboxylic acids is 5. The van der Waals surface area contributed by atoms with Gasteiger partial charge in [0, 0.05) is 65.1 Å². The molecule has 0 saturated carbocycles. The molecule has 0 bridgehead atoms. The minimum atomic E-state index is -1.44. The van der Waals surface area contributed by atoms with E-state index in [0.717, 1.165) is 23.0 Å². The molecule has 3 saturated heterocycles. The average Bonchev–Trinajstić information content (AvgIpc) is 3.35. The van der Waals surface area contributed by atoms with Crippen molar-refractivity contribution in [3.8, 4) is 11.1 Å². The third-order valence-electron chi connectivity index (χ3n) is 14.4. The van der Waals surface area contributed by atoms with Gasteiger partial charge in [0.05, 0.1) is 36.9 Å². The van der Waals surface area contributed by atoms with E-state index in [1.165, 1.54) is 14.0 Å². The Balaban J connectivity index is 1.45. The topological polar surface area (TPSA) is 228 Å². The number of aromatic nitrogens is 1. The van der Waals surface area contributed by atoms with E-state index in [1.807, 2.05) is 61.4 Å². The van der Waals surface area contributed by atoms with Crippen LogP contribution in [0.1, 0.15) is 112 Å². The first-order valence-corrected chi connectivity index (χ1v) is 26.4. The normalized spacial score (nSPS) is 33.8. The van der Waals surface area contributed by atoms with E-state index in [1.54, 1.807) is 66.0 Å². The van der Waals surface area contributed by atoms with Gasteiger partial charge < -0.3 is 67.4 Å². The Morgan fingerprint density at radius 3 is 2.29 bits per heavy atom. The highest BCUT2D eigenvalue weighted by Crippen LogP contribution is 2.39. The number of benzene rings is 1. The van der Waals surface area contributed by atoms with Crippen molar-refractivity contribution in [2.45, 2.75) is 192 Å². The van der Waals surface area contributed by atoms with Crippen LogP contribution in [0.3, 0.4) is 0 Å². The van der Waals surface area contributed by atoms with Gasteiger partial charge in [-0.3, -0.25) is 24.2 Å². The number of nitrogens with zero attached hydrogens (tertiary/aromatic N) is 3. The number of likely N-dealkylation sites (N-methyl/N-ethyl adjacent to an activating group) is 2. The Labute approximate surface area is 442 Å². The number of hydrogen-bond acceptors (Lipinski definition) is 19. The van der Waals surface area contributed by atoms with Gasteiger partial charge in [-0.15, -0.1) is 0 Å². The van der Waals surface area contributed by atoms with Crippen molar-refractivity contribution in [1.82, 2.24) is 14.8 Å². The van der Waals surface area contributed by atoms with Crippen LogP contribution in [0, 0.1) is 11.8 Å². The van der Waals surface area contributed by atoms with Gasteiger partial charge in [-0.1, -0.05) is 51.1 Å². The minimum absolute atomic E-state index is 0.0253. The lowest BCUT2D eigenvalue weighted by atomic mass is 9.82. The van der Waals surface area contributed by atoms with Crippen LogP contribution in [0.15, 0.2) is 54.9 Å². The molecule has 2 aromatic rings. The molecule has 0 amide bonds. The predicted octanol–water partition coefficient (Wildman–Crippen LogP) is 5.69. The van der Waals surface area contributed by atoms with Crippen molar-refractivity contribution >= 4 is 36.2 Å². The molecule has 4 heterocycles. The Hall–Kier alpha value is -4.70. The summed E-state index contributed by atoms with van der Waals surface area (Å²) in [5.41, 5.74) is 1.69. The molecule has 2 N–H and O–H groups in total. The molecule has 1 aromatic heterocycles. The lowest BCUT2D eigenvalue weighted by molar-refractivity contribution is -0.344. The molecule has 19 heteroatoms. The zero-order valence-electron chi connectivity index (χ0n) is 45.7. The second-order valence-corrected chi connectivity index (χ2v) is 20.7. The number of β-amino-alcohol motifs (C(OH)–C–C–N with tert-alkyl or cyclic N) is 1. The summed E-state index contributed by atoms with van der Waals surface area (Å²) < 4.78 is 56.2. The molecule has 3 aliphatic heterocycles. The summed E-state index contributed by atoms with van der Waals surface area (Å²) in [5, 5.41) is 24.1. The Bertz CT molecular complexity index is 2160. The summed E-state index contributed by atoms with van der Waals surface area (Å²) in [5.74, 6) is -3.47. The Morgan fingerprint density at radius 2 is 1.64 bits per heavy atom. The number of esters is 4. The molecule has 5 unspecified atom stereocenters. The minimum Gasteiger partial charge on any atom is -0.462 e. The SMILES string of the molecule is CCC(=O)O[C@@H]1CC(=O)O[C@@H](C/C=C/c2cccc(-c3ccncc3)c2)CCCN(C)C[C@H](O)[C@H](C)C[C@H](CC=O)[C@H](O[C@@H]2OC(C)[C@@H](O[C@H]3CC(C)(OC(C)=O)[C@@H](OC(=O)CC)C(C)O3)C(N(C)C)C2O)[C@H]1OC. The molecule has 1 aromatic carbocycles. The van der Waals surface area contributed by atoms with Crippen LogP contribution < -0.4 is 0 Å². The third kappa shape index (κ3) is 17.4. The van der Waals surface area contributed by atoms with Crippen LogP contribution >= 0.6 is 0 Å². The number of aliphatic hydroxyl groups is 2. The molecule has 75 heavy (non-hydrogen) atoms. The van der Waals surface area contributed by atoms with Crippen molar-refractivity contribution in [3.05, 3.63) is 60.4 Å². The number of hydrogen-bond donors (Lipinski definition) is 2. The molecule has 3 fully saturated rings. The van der Waals surface area contributed by atoms with Gasteiger partial charge in [0.2, 0.25) is 0 Å². The van der Waals surface area contributed by atoms with E-state index in [9.17, 15) is 34.2 Å². The summed E-state index contributed by atoms with van der Waals surface area (Å²) in [6.07, 6.45) is -2.92. The lowest BCUT2D eigenvalue weighted by Gasteiger charge is -2.50. The van der Waals surface area contributed by atoms with Gasteiger partial charge in [-0.2, -0.15) is 0 Å². The number of aliphatic hydroxyl groups excluding tert-OH is 2. The van der Waals surface area contributed by atoms with Gasteiger partial charge >= 0.3 is 23.9 Å². The lowest BCUT2D eigenvalue weighted by Crippen LogP contribution is -2.66. The monoisotopic (exact) mass is 1050 g/mol. The number of pyridine rings is 1. The molecule has 16 atom stereocenters. The van der Waals surface area contributed by atoms with Crippen LogP contribution in [0.4, 0.5) is 0 Å². The maximum Gasteiger partial charge on any atom is 0.309 e. The van der Waals surface area contributed by atoms with Crippen molar-refractivity contribution < 1.29 is 76.8 Å². The average molecular weight is 1050 g/mol. The number of carbonyl (C=O) groups is 5. The summed E-state index contributed by atoms with van der Waals surface area (Å²) in [7, 11) is 6.81. The van der Waals surface area contributed by atoms with Gasteiger partial charge in [0.15, 0.2) is 24.3 Å². The van der Waals surface area contributed by atoms with Crippen molar-refractivity contribution in [3.63, 3.8) is 0 Å². The van der Waals surface area contributed by atoms with Crippen molar-refractivity contribution in [2.24, 2.45) is 11.8 Å². The van der Waals surface area contributed by atoms with Crippen LogP contribution in [0.25, 0.3) is 17.2 Å². The zero-order chi connectivity index (χ0) is 55.0. The maximum absolute atomic E-state index is 14.3. The van der Waals surface area contributed by atoms with Gasteiger partial charge in [-0.25, -0.2) is 0 Å². The zero-order valence-corrected chi connectivity index (χ0v) is 45.7. The van der Waals surface area contributed by atoms with Crippen LogP contribution in [-0.4, -0.2) is 182 Å². The maximum atomic E-state index is 14.3. The summed E-state index contributed by atoms with van der Waals surface area (Å²) in [6, 6.07) is 11.1.